The van der Waals surface area contributed by atoms with Gasteiger partial charge in [-0.1, -0.05) is 17.7 Å². The molecule has 0 fully saturated rings. The molecule has 0 bridgehead atoms. The molecule has 0 amide bonds. The molecule has 0 saturated carbocycles. The van der Waals surface area contributed by atoms with Crippen molar-refractivity contribution in [3.8, 4) is 0 Å². The van der Waals surface area contributed by atoms with Crippen LogP contribution in [0.25, 0.3) is 5.57 Å². The van der Waals surface area contributed by atoms with Gasteiger partial charge in [0.1, 0.15) is 0 Å². The summed E-state index contributed by atoms with van der Waals surface area (Å²) in [6.45, 7) is 1.93. The van der Waals surface area contributed by atoms with E-state index in [1.807, 2.05) is 11.4 Å². The summed E-state index contributed by atoms with van der Waals surface area (Å²) in [5.74, 6) is 0. The zero-order valence-electron chi connectivity index (χ0n) is 5.93. The second kappa shape index (κ2) is 2.97. The van der Waals surface area contributed by atoms with E-state index in [2.05, 4.69) is 11.4 Å². The van der Waals surface area contributed by atoms with Gasteiger partial charge in [0.2, 0.25) is 0 Å². The van der Waals surface area contributed by atoms with Crippen LogP contribution in [0.4, 0.5) is 0 Å². The van der Waals surface area contributed by atoms with Gasteiger partial charge in [-0.05, 0) is 17.0 Å². The molecule has 0 spiro atoms. The maximum absolute atomic E-state index is 5.96. The van der Waals surface area contributed by atoms with Crippen molar-refractivity contribution in [2.24, 2.45) is 0 Å². The molecule has 1 N–H and O–H groups in total. The van der Waals surface area contributed by atoms with E-state index in [4.69, 9.17) is 11.6 Å². The van der Waals surface area contributed by atoms with E-state index in [0.29, 0.717) is 0 Å². The van der Waals surface area contributed by atoms with E-state index >= 15 is 0 Å². The van der Waals surface area contributed by atoms with Crippen molar-refractivity contribution in [3.05, 3.63) is 27.4 Å². The Kier molecular flexibility index (Phi) is 1.98. The standard InChI is InChI=1S/C8H8ClNS/c9-7-2-4-11-8(7)6-1-3-10-5-6/h1-2,4,10H,3,5H2. The van der Waals surface area contributed by atoms with E-state index in [0.717, 1.165) is 18.1 Å². The van der Waals surface area contributed by atoms with Gasteiger partial charge in [0.05, 0.1) is 5.02 Å². The summed E-state index contributed by atoms with van der Waals surface area (Å²) in [6.07, 6.45) is 2.19. The molecule has 0 radical (unpaired) electrons. The van der Waals surface area contributed by atoms with Crippen LogP contribution in [0.2, 0.25) is 5.02 Å². The molecule has 0 aromatic carbocycles. The van der Waals surface area contributed by atoms with E-state index in [1.165, 1.54) is 10.5 Å². The molecule has 0 saturated heterocycles. The zero-order chi connectivity index (χ0) is 7.68. The molecule has 11 heavy (non-hydrogen) atoms. The van der Waals surface area contributed by atoms with Crippen LogP contribution in [0.15, 0.2) is 17.5 Å². The van der Waals surface area contributed by atoms with Crippen LogP contribution < -0.4 is 5.32 Å². The van der Waals surface area contributed by atoms with Crippen molar-refractivity contribution in [2.45, 2.75) is 0 Å². The van der Waals surface area contributed by atoms with Crippen molar-refractivity contribution >= 4 is 28.5 Å². The van der Waals surface area contributed by atoms with Crippen molar-refractivity contribution < 1.29 is 0 Å². The number of halogens is 1. The fourth-order valence-electron chi connectivity index (χ4n) is 1.17. The predicted octanol–water partition coefficient (Wildman–Crippen LogP) is 2.39. The third-order valence-corrected chi connectivity index (χ3v) is 3.13. The summed E-state index contributed by atoms with van der Waals surface area (Å²) in [6, 6.07) is 1.95. The molecule has 0 aliphatic carbocycles. The lowest BCUT2D eigenvalue weighted by Crippen LogP contribution is -2.07. The minimum absolute atomic E-state index is 0.880. The van der Waals surface area contributed by atoms with Gasteiger partial charge >= 0.3 is 0 Å². The normalized spacial score (nSPS) is 17.0. The van der Waals surface area contributed by atoms with Crippen LogP contribution in [-0.2, 0) is 0 Å². The Morgan fingerprint density at radius 1 is 1.55 bits per heavy atom. The molecule has 1 aromatic heterocycles. The van der Waals surface area contributed by atoms with Gasteiger partial charge in [0, 0.05) is 18.0 Å². The van der Waals surface area contributed by atoms with Crippen LogP contribution in [0.3, 0.4) is 0 Å². The monoisotopic (exact) mass is 185 g/mol. The van der Waals surface area contributed by atoms with E-state index in [-0.39, 0.29) is 0 Å². The second-order valence-corrected chi connectivity index (χ2v) is 3.78. The highest BCUT2D eigenvalue weighted by atomic mass is 35.5. The van der Waals surface area contributed by atoms with Crippen LogP contribution >= 0.6 is 22.9 Å². The highest BCUT2D eigenvalue weighted by Crippen LogP contribution is 2.29. The summed E-state index contributed by atoms with van der Waals surface area (Å²) < 4.78 is 0. The third-order valence-electron chi connectivity index (χ3n) is 1.72. The number of thiophene rings is 1. The summed E-state index contributed by atoms with van der Waals surface area (Å²) >= 11 is 7.67. The van der Waals surface area contributed by atoms with Crippen molar-refractivity contribution in [1.82, 2.24) is 5.32 Å². The summed E-state index contributed by atoms with van der Waals surface area (Å²) in [5.41, 5.74) is 1.34. The maximum Gasteiger partial charge on any atom is 0.0589 e. The Morgan fingerprint density at radius 2 is 2.45 bits per heavy atom. The Hall–Kier alpha value is -0.310. The van der Waals surface area contributed by atoms with Crippen LogP contribution in [0.5, 0.6) is 0 Å². The van der Waals surface area contributed by atoms with Crippen molar-refractivity contribution in [3.63, 3.8) is 0 Å². The van der Waals surface area contributed by atoms with Crippen LogP contribution in [-0.4, -0.2) is 13.1 Å². The van der Waals surface area contributed by atoms with E-state index in [9.17, 15) is 0 Å². The smallest absolute Gasteiger partial charge is 0.0589 e. The molecule has 2 rings (SSSR count). The topological polar surface area (TPSA) is 12.0 Å². The minimum atomic E-state index is 0.880. The molecule has 1 aromatic rings. The summed E-state index contributed by atoms with van der Waals surface area (Å²) in [7, 11) is 0. The molecule has 1 nitrogen and oxygen atoms in total. The summed E-state index contributed by atoms with van der Waals surface area (Å²) in [4.78, 5) is 1.22. The first-order valence-corrected chi connectivity index (χ1v) is 4.77. The average Bonchev–Trinajstić information content (AvgIpc) is 2.55. The van der Waals surface area contributed by atoms with Gasteiger partial charge in [0.15, 0.2) is 0 Å². The van der Waals surface area contributed by atoms with E-state index < -0.39 is 0 Å². The highest BCUT2D eigenvalue weighted by molar-refractivity contribution is 7.11. The molecular formula is C8H8ClNS. The molecule has 1 aliphatic rings. The number of hydrogen-bond acceptors (Lipinski definition) is 2. The van der Waals surface area contributed by atoms with Crippen molar-refractivity contribution in [2.75, 3.05) is 13.1 Å². The van der Waals surface area contributed by atoms with Gasteiger partial charge in [-0.25, -0.2) is 0 Å². The first kappa shape index (κ1) is 7.35. The maximum atomic E-state index is 5.96. The fraction of sp³-hybridized carbons (Fsp3) is 0.250. The quantitative estimate of drug-likeness (QED) is 0.709. The fourth-order valence-corrected chi connectivity index (χ4v) is 2.39. The average molecular weight is 186 g/mol. The minimum Gasteiger partial charge on any atom is -0.309 e. The Balaban J connectivity index is 2.35. The molecule has 0 atom stereocenters. The molecule has 0 unspecified atom stereocenters. The predicted molar refractivity (Wildman–Crippen MR) is 50.2 cm³/mol. The lowest BCUT2D eigenvalue weighted by atomic mass is 10.2. The first-order valence-electron chi connectivity index (χ1n) is 3.51. The zero-order valence-corrected chi connectivity index (χ0v) is 7.50. The first-order chi connectivity index (χ1) is 5.38. The van der Waals surface area contributed by atoms with Crippen LogP contribution in [0, 0.1) is 0 Å². The molecule has 3 heteroatoms. The highest BCUT2D eigenvalue weighted by Gasteiger charge is 2.10. The van der Waals surface area contributed by atoms with Gasteiger partial charge in [-0.2, -0.15) is 0 Å². The SMILES string of the molecule is Clc1ccsc1C1=CCNC1. The molecule has 2 heterocycles. The number of nitrogens with one attached hydrogen (secondary N) is 1. The lowest BCUT2D eigenvalue weighted by Gasteiger charge is -1.96. The molecular weight excluding hydrogens is 178 g/mol. The second-order valence-electron chi connectivity index (χ2n) is 2.46. The lowest BCUT2D eigenvalue weighted by molar-refractivity contribution is 0.898. The number of hydrogen-bond donors (Lipinski definition) is 1. The Morgan fingerprint density at radius 3 is 3.00 bits per heavy atom. The van der Waals surface area contributed by atoms with Gasteiger partial charge < -0.3 is 5.32 Å². The van der Waals surface area contributed by atoms with E-state index in [1.54, 1.807) is 11.3 Å². The van der Waals surface area contributed by atoms with Gasteiger partial charge in [-0.15, -0.1) is 11.3 Å². The largest absolute Gasteiger partial charge is 0.309 e. The molecule has 1 aliphatic heterocycles. The summed E-state index contributed by atoms with van der Waals surface area (Å²) in [5, 5.41) is 6.15. The van der Waals surface area contributed by atoms with Gasteiger partial charge in [0.25, 0.3) is 0 Å². The molecule has 58 valence electrons. The van der Waals surface area contributed by atoms with Crippen molar-refractivity contribution in [1.29, 1.82) is 0 Å². The number of rotatable bonds is 1. The van der Waals surface area contributed by atoms with Crippen LogP contribution in [0.1, 0.15) is 4.88 Å². The Bertz CT molecular complexity index is 290. The Labute approximate surface area is 74.7 Å². The van der Waals surface area contributed by atoms with Gasteiger partial charge in [-0.3, -0.25) is 0 Å². The third kappa shape index (κ3) is 1.34.